The Kier molecular flexibility index (Phi) is 7.85. The quantitative estimate of drug-likeness (QED) is 0.388. The third kappa shape index (κ3) is 5.50. The van der Waals surface area contributed by atoms with Crippen LogP contribution in [0.25, 0.3) is 0 Å². The molecule has 0 aliphatic rings. The summed E-state index contributed by atoms with van der Waals surface area (Å²) in [7, 11) is -3.42. The predicted octanol–water partition coefficient (Wildman–Crippen LogP) is 6.44. The number of anilines is 1. The van der Waals surface area contributed by atoms with Crippen molar-refractivity contribution >= 4 is 36.6 Å². The highest BCUT2D eigenvalue weighted by atomic mass is 35.5. The van der Waals surface area contributed by atoms with Crippen molar-refractivity contribution in [2.75, 3.05) is 24.8 Å². The summed E-state index contributed by atoms with van der Waals surface area (Å²) in [6.07, 6.45) is 2.02. The fraction of sp³-hybridized carbons (Fsp3) is 0.333. The average molecular weight is 400 g/mol. The molecule has 0 saturated heterocycles. The molecule has 0 aliphatic carbocycles. The first-order valence-electron chi connectivity index (χ1n) is 8.07. The van der Waals surface area contributed by atoms with Gasteiger partial charge in [-0.3, -0.25) is 4.57 Å². The van der Waals surface area contributed by atoms with Crippen molar-refractivity contribution in [2.45, 2.75) is 24.5 Å². The maximum atomic E-state index is 13.4. The monoisotopic (exact) mass is 399 g/mol. The van der Waals surface area contributed by atoms with Crippen molar-refractivity contribution in [3.63, 3.8) is 0 Å². The molecule has 0 radical (unpaired) electrons. The van der Waals surface area contributed by atoms with Gasteiger partial charge in [0.1, 0.15) is 0 Å². The van der Waals surface area contributed by atoms with E-state index in [4.69, 9.17) is 20.6 Å². The van der Waals surface area contributed by atoms with Gasteiger partial charge in [0, 0.05) is 15.6 Å². The van der Waals surface area contributed by atoms with Crippen LogP contribution in [0.15, 0.2) is 53.4 Å². The van der Waals surface area contributed by atoms with Gasteiger partial charge in [-0.05, 0) is 56.0 Å². The highest BCUT2D eigenvalue weighted by Crippen LogP contribution is 2.60. The van der Waals surface area contributed by atoms with Crippen LogP contribution in [0.2, 0.25) is 5.02 Å². The minimum atomic E-state index is -3.42. The Morgan fingerprint density at radius 2 is 1.76 bits per heavy atom. The summed E-state index contributed by atoms with van der Waals surface area (Å²) >= 11 is 7.73. The van der Waals surface area contributed by atoms with Crippen LogP contribution in [-0.2, 0) is 13.6 Å². The van der Waals surface area contributed by atoms with E-state index >= 15 is 0 Å². The summed E-state index contributed by atoms with van der Waals surface area (Å²) in [5.41, 5.74) is 1.59. The van der Waals surface area contributed by atoms with Gasteiger partial charge in [-0.25, -0.2) is 0 Å². The van der Waals surface area contributed by atoms with Crippen molar-refractivity contribution in [3.05, 3.63) is 59.1 Å². The molecule has 0 aromatic heterocycles. The second-order valence-corrected chi connectivity index (χ2v) is 8.63. The maximum Gasteiger partial charge on any atom is 0.357 e. The molecule has 136 valence electrons. The lowest BCUT2D eigenvalue weighted by Gasteiger charge is -2.28. The molecule has 1 N–H and O–H groups in total. The number of hydrogen-bond acceptors (Lipinski definition) is 5. The standard InChI is InChI=1S/C18H23ClNO3PS/c1-4-22-24(21,23-5-2)18(14-9-11-17(25-3)12-10-14)20-16-8-6-7-15(19)13-16/h6-13,18,20H,4-5H2,1-3H3. The van der Waals surface area contributed by atoms with Crippen LogP contribution in [0.3, 0.4) is 0 Å². The first kappa shape index (κ1) is 20.3. The fourth-order valence-electron chi connectivity index (χ4n) is 2.41. The Balaban J connectivity index is 2.43. The van der Waals surface area contributed by atoms with Gasteiger partial charge in [0.15, 0.2) is 5.78 Å². The molecule has 1 unspecified atom stereocenters. The van der Waals surface area contributed by atoms with Gasteiger partial charge in [0.2, 0.25) is 0 Å². The molecule has 0 bridgehead atoms. The summed E-state index contributed by atoms with van der Waals surface area (Å²) in [6, 6.07) is 15.2. The highest BCUT2D eigenvalue weighted by molar-refractivity contribution is 7.98. The van der Waals surface area contributed by atoms with Crippen LogP contribution in [0, 0.1) is 0 Å². The van der Waals surface area contributed by atoms with Crippen LogP contribution in [0.4, 0.5) is 5.69 Å². The number of nitrogens with one attached hydrogen (secondary N) is 1. The van der Waals surface area contributed by atoms with Crippen molar-refractivity contribution in [3.8, 4) is 0 Å². The molecular weight excluding hydrogens is 377 g/mol. The predicted molar refractivity (Wildman–Crippen MR) is 107 cm³/mol. The number of benzene rings is 2. The van der Waals surface area contributed by atoms with E-state index < -0.39 is 13.4 Å². The summed E-state index contributed by atoms with van der Waals surface area (Å²) in [4.78, 5) is 1.13. The third-order valence-corrected chi connectivity index (χ3v) is 6.77. The van der Waals surface area contributed by atoms with Gasteiger partial charge in [0.25, 0.3) is 0 Å². The van der Waals surface area contributed by atoms with Crippen molar-refractivity contribution in [2.24, 2.45) is 0 Å². The molecule has 1 atom stereocenters. The molecule has 4 nitrogen and oxygen atoms in total. The second kappa shape index (κ2) is 9.65. The molecule has 0 saturated carbocycles. The summed E-state index contributed by atoms with van der Waals surface area (Å²) in [5.74, 6) is -0.623. The lowest BCUT2D eigenvalue weighted by Crippen LogP contribution is -2.15. The number of thioether (sulfide) groups is 1. The van der Waals surface area contributed by atoms with E-state index in [-0.39, 0.29) is 0 Å². The Morgan fingerprint density at radius 1 is 1.12 bits per heavy atom. The Labute approximate surface area is 158 Å². The van der Waals surface area contributed by atoms with E-state index in [1.54, 1.807) is 37.7 Å². The molecule has 0 aliphatic heterocycles. The van der Waals surface area contributed by atoms with Crippen LogP contribution in [0.1, 0.15) is 25.2 Å². The lowest BCUT2D eigenvalue weighted by atomic mass is 10.2. The Morgan fingerprint density at radius 3 is 2.28 bits per heavy atom. The van der Waals surface area contributed by atoms with Gasteiger partial charge in [-0.1, -0.05) is 29.8 Å². The van der Waals surface area contributed by atoms with E-state index in [9.17, 15) is 4.57 Å². The van der Waals surface area contributed by atoms with Crippen molar-refractivity contribution in [1.82, 2.24) is 0 Å². The zero-order valence-electron chi connectivity index (χ0n) is 14.6. The second-order valence-electron chi connectivity index (χ2n) is 5.21. The van der Waals surface area contributed by atoms with Crippen LogP contribution in [0.5, 0.6) is 0 Å². The average Bonchev–Trinajstić information content (AvgIpc) is 2.60. The highest BCUT2D eigenvalue weighted by Gasteiger charge is 2.37. The van der Waals surface area contributed by atoms with E-state index in [1.165, 1.54) is 0 Å². The van der Waals surface area contributed by atoms with Gasteiger partial charge in [-0.15, -0.1) is 11.8 Å². The first-order valence-corrected chi connectivity index (χ1v) is 11.3. The van der Waals surface area contributed by atoms with Crippen LogP contribution >= 0.6 is 31.0 Å². The molecule has 0 amide bonds. The number of halogens is 1. The third-order valence-electron chi connectivity index (χ3n) is 3.49. The molecule has 25 heavy (non-hydrogen) atoms. The Hall–Kier alpha value is -0.970. The number of hydrogen-bond donors (Lipinski definition) is 1. The zero-order chi connectivity index (χ0) is 18.3. The molecular formula is C18H23ClNO3PS. The first-order chi connectivity index (χ1) is 12.0. The van der Waals surface area contributed by atoms with Crippen LogP contribution in [-0.4, -0.2) is 19.5 Å². The fourth-order valence-corrected chi connectivity index (χ4v) is 4.95. The summed E-state index contributed by atoms with van der Waals surface area (Å²) in [6.45, 7) is 4.21. The lowest BCUT2D eigenvalue weighted by molar-refractivity contribution is 0.214. The minimum Gasteiger partial charge on any atom is -0.368 e. The molecule has 2 aromatic rings. The van der Waals surface area contributed by atoms with E-state index in [0.717, 1.165) is 16.1 Å². The van der Waals surface area contributed by atoms with Crippen molar-refractivity contribution < 1.29 is 13.6 Å². The van der Waals surface area contributed by atoms with E-state index in [2.05, 4.69) is 5.32 Å². The molecule has 0 heterocycles. The van der Waals surface area contributed by atoms with Gasteiger partial charge in [-0.2, -0.15) is 0 Å². The van der Waals surface area contributed by atoms with E-state index in [0.29, 0.717) is 18.2 Å². The molecule has 0 spiro atoms. The number of rotatable bonds is 9. The molecule has 0 fully saturated rings. The molecule has 2 rings (SSSR count). The normalized spacial score (nSPS) is 12.8. The van der Waals surface area contributed by atoms with Gasteiger partial charge < -0.3 is 14.4 Å². The van der Waals surface area contributed by atoms with Crippen molar-refractivity contribution in [1.29, 1.82) is 0 Å². The molecule has 2 aromatic carbocycles. The molecule has 7 heteroatoms. The van der Waals surface area contributed by atoms with Gasteiger partial charge >= 0.3 is 7.60 Å². The van der Waals surface area contributed by atoms with Gasteiger partial charge in [0.05, 0.1) is 13.2 Å². The zero-order valence-corrected chi connectivity index (χ0v) is 17.0. The minimum absolute atomic E-state index is 0.300. The van der Waals surface area contributed by atoms with E-state index in [1.807, 2.05) is 42.7 Å². The largest absolute Gasteiger partial charge is 0.368 e. The maximum absolute atomic E-state index is 13.4. The summed E-state index contributed by atoms with van der Waals surface area (Å²) in [5, 5.41) is 3.88. The summed E-state index contributed by atoms with van der Waals surface area (Å²) < 4.78 is 24.6. The SMILES string of the molecule is CCOP(=O)(OCC)C(Nc1cccc(Cl)c1)c1ccc(SC)cc1. The van der Waals surface area contributed by atoms with Crippen LogP contribution < -0.4 is 5.32 Å². The Bertz CT molecular complexity index is 717. The topological polar surface area (TPSA) is 47.6 Å². The smallest absolute Gasteiger partial charge is 0.357 e.